The molecule has 0 atom stereocenters. The lowest BCUT2D eigenvalue weighted by atomic mass is 10.2. The zero-order chi connectivity index (χ0) is 26.8. The highest BCUT2D eigenvalue weighted by atomic mass is 19.4. The van der Waals surface area contributed by atoms with Crippen LogP contribution in [0.25, 0.3) is 10.9 Å². The number of alkyl halides is 6. The van der Waals surface area contributed by atoms with Crippen LogP contribution in [0.15, 0.2) is 23.4 Å². The Hall–Kier alpha value is -3.92. The molecule has 4 rings (SSSR count). The van der Waals surface area contributed by atoms with Crippen molar-refractivity contribution in [2.45, 2.75) is 31.7 Å². The van der Waals surface area contributed by atoms with Gasteiger partial charge in [-0.1, -0.05) is 0 Å². The van der Waals surface area contributed by atoms with E-state index in [0.29, 0.717) is 38.3 Å². The second-order valence-corrected chi connectivity index (χ2v) is 8.09. The van der Waals surface area contributed by atoms with Crippen LogP contribution < -0.4 is 10.5 Å². The quantitative estimate of drug-likeness (QED) is 0.379. The van der Waals surface area contributed by atoms with Crippen LogP contribution in [0.2, 0.25) is 0 Å². The van der Waals surface area contributed by atoms with Crippen LogP contribution in [-0.2, 0) is 23.6 Å². The molecule has 0 saturated carbocycles. The summed E-state index contributed by atoms with van der Waals surface area (Å²) >= 11 is 0. The summed E-state index contributed by atoms with van der Waals surface area (Å²) in [5, 5.41) is 8.43. The monoisotopic (exact) mass is 534 g/mol. The first-order valence-corrected chi connectivity index (χ1v) is 11.0. The van der Waals surface area contributed by atoms with Gasteiger partial charge in [-0.2, -0.15) is 36.5 Å². The van der Waals surface area contributed by atoms with Crippen LogP contribution in [0.3, 0.4) is 0 Å². The highest BCUT2D eigenvalue weighted by molar-refractivity contribution is 5.80. The molecule has 0 spiro atoms. The Kier molecular flexibility index (Phi) is 7.22. The number of nitrogens with zero attached hydrogens (tertiary/aromatic N) is 7. The van der Waals surface area contributed by atoms with Crippen LogP contribution in [-0.4, -0.2) is 73.7 Å². The van der Waals surface area contributed by atoms with Crippen molar-refractivity contribution >= 4 is 22.9 Å². The molecule has 1 N–H and O–H groups in total. The van der Waals surface area contributed by atoms with E-state index < -0.39 is 40.6 Å². The van der Waals surface area contributed by atoms with Gasteiger partial charge < -0.3 is 14.5 Å². The summed E-state index contributed by atoms with van der Waals surface area (Å²) in [6.45, 7) is 1.11. The van der Waals surface area contributed by atoms with Gasteiger partial charge in [-0.25, -0.2) is 19.9 Å². The predicted molar refractivity (Wildman–Crippen MR) is 115 cm³/mol. The SMILES string of the molecule is O=C(OCCCCn1nc(C(F)(F)F)c2c(=O)[nH]ncc21)N1CCN(c2ncc(C(F)(F)F)cn2)CC1. The van der Waals surface area contributed by atoms with Gasteiger partial charge in [-0.3, -0.25) is 9.48 Å². The summed E-state index contributed by atoms with van der Waals surface area (Å²) < 4.78 is 83.9. The Balaban J connectivity index is 1.23. The maximum Gasteiger partial charge on any atom is 0.435 e. The Morgan fingerprint density at radius 2 is 1.65 bits per heavy atom. The Morgan fingerprint density at radius 3 is 2.27 bits per heavy atom. The first-order chi connectivity index (χ1) is 17.4. The second-order valence-electron chi connectivity index (χ2n) is 8.09. The number of aryl methyl sites for hydroxylation is 1. The number of ether oxygens (including phenoxy) is 1. The third-order valence-corrected chi connectivity index (χ3v) is 5.62. The van der Waals surface area contributed by atoms with Crippen LogP contribution in [0.4, 0.5) is 37.1 Å². The normalized spacial score (nSPS) is 14.9. The average molecular weight is 534 g/mol. The third-order valence-electron chi connectivity index (χ3n) is 5.62. The highest BCUT2D eigenvalue weighted by Crippen LogP contribution is 2.32. The zero-order valence-electron chi connectivity index (χ0n) is 19.0. The number of nitrogens with one attached hydrogen (secondary N) is 1. The summed E-state index contributed by atoms with van der Waals surface area (Å²) in [4.78, 5) is 34.7. The lowest BCUT2D eigenvalue weighted by Crippen LogP contribution is -2.49. The largest absolute Gasteiger partial charge is 0.449 e. The molecule has 0 radical (unpaired) electrons. The number of amides is 1. The minimum atomic E-state index is -4.81. The van der Waals surface area contributed by atoms with E-state index in [9.17, 15) is 35.9 Å². The van der Waals surface area contributed by atoms with E-state index in [1.807, 2.05) is 5.10 Å². The van der Waals surface area contributed by atoms with Gasteiger partial charge in [0.1, 0.15) is 5.39 Å². The minimum absolute atomic E-state index is 0.00518. The van der Waals surface area contributed by atoms with Crippen molar-refractivity contribution in [3.63, 3.8) is 0 Å². The van der Waals surface area contributed by atoms with Crippen LogP contribution >= 0.6 is 0 Å². The summed E-state index contributed by atoms with van der Waals surface area (Å²) in [7, 11) is 0. The standard InChI is InChI=1S/C20H20F6N8O3/c21-19(22,23)12-9-27-17(28-10-12)32-4-6-33(7-5-32)18(36)37-8-2-1-3-34-13-11-29-30-16(35)14(13)15(31-34)20(24,25)26/h9-11H,1-8H2,(H,30,35). The van der Waals surface area contributed by atoms with Crippen molar-refractivity contribution in [3.8, 4) is 0 Å². The number of H-pyrrole nitrogens is 1. The number of carbonyl (C=O) groups excluding carboxylic acids is 1. The van der Waals surface area contributed by atoms with Gasteiger partial charge in [-0.05, 0) is 12.8 Å². The molecule has 11 nitrogen and oxygen atoms in total. The number of unbranched alkanes of at least 4 members (excludes halogenated alkanes) is 1. The summed E-state index contributed by atoms with van der Waals surface area (Å²) in [6.07, 6.45) is -6.80. The highest BCUT2D eigenvalue weighted by Gasteiger charge is 2.38. The van der Waals surface area contributed by atoms with E-state index in [-0.39, 0.29) is 37.7 Å². The lowest BCUT2D eigenvalue weighted by molar-refractivity contribution is -0.140. The molecule has 200 valence electrons. The molecule has 3 aromatic rings. The number of anilines is 1. The number of fused-ring (bicyclic) bond motifs is 1. The molecular weight excluding hydrogens is 514 g/mol. The Bertz CT molecular complexity index is 1300. The van der Waals surface area contributed by atoms with Crippen molar-refractivity contribution in [3.05, 3.63) is 40.2 Å². The van der Waals surface area contributed by atoms with E-state index >= 15 is 0 Å². The van der Waals surface area contributed by atoms with E-state index in [1.54, 1.807) is 4.90 Å². The molecule has 3 aromatic heterocycles. The smallest absolute Gasteiger partial charge is 0.435 e. The Labute approximate surface area is 204 Å². The number of aromatic nitrogens is 6. The van der Waals surface area contributed by atoms with E-state index in [2.05, 4.69) is 20.2 Å². The predicted octanol–water partition coefficient (Wildman–Crippen LogP) is 2.69. The number of carbonyl (C=O) groups is 1. The minimum Gasteiger partial charge on any atom is -0.449 e. The number of rotatable bonds is 6. The maximum absolute atomic E-state index is 13.2. The molecule has 0 unspecified atom stereocenters. The molecule has 0 aromatic carbocycles. The van der Waals surface area contributed by atoms with Gasteiger partial charge in [0.05, 0.1) is 23.9 Å². The van der Waals surface area contributed by atoms with Crippen molar-refractivity contribution in [2.75, 3.05) is 37.7 Å². The lowest BCUT2D eigenvalue weighted by Gasteiger charge is -2.34. The van der Waals surface area contributed by atoms with Crippen molar-refractivity contribution < 1.29 is 35.9 Å². The first-order valence-electron chi connectivity index (χ1n) is 11.0. The van der Waals surface area contributed by atoms with Gasteiger partial charge in [-0.15, -0.1) is 0 Å². The number of halogens is 6. The summed E-state index contributed by atoms with van der Waals surface area (Å²) in [5.74, 6) is 0.123. The number of hydrogen-bond donors (Lipinski definition) is 1. The van der Waals surface area contributed by atoms with Crippen molar-refractivity contribution in [1.82, 2.24) is 34.8 Å². The van der Waals surface area contributed by atoms with Gasteiger partial charge in [0.25, 0.3) is 5.56 Å². The molecule has 17 heteroatoms. The van der Waals surface area contributed by atoms with Crippen molar-refractivity contribution in [1.29, 1.82) is 0 Å². The van der Waals surface area contributed by atoms with Crippen LogP contribution in [0, 0.1) is 0 Å². The zero-order valence-corrected chi connectivity index (χ0v) is 19.0. The average Bonchev–Trinajstić information content (AvgIpc) is 3.24. The summed E-state index contributed by atoms with van der Waals surface area (Å²) in [5.41, 5.74) is -3.29. The first kappa shape index (κ1) is 26.2. The van der Waals surface area contributed by atoms with Gasteiger partial charge in [0.2, 0.25) is 5.95 Å². The maximum atomic E-state index is 13.2. The Morgan fingerprint density at radius 1 is 0.973 bits per heavy atom. The van der Waals surface area contributed by atoms with Gasteiger partial charge in [0, 0.05) is 45.1 Å². The molecule has 0 bridgehead atoms. The summed E-state index contributed by atoms with van der Waals surface area (Å²) in [6, 6.07) is 0. The van der Waals surface area contributed by atoms with Gasteiger partial charge >= 0.3 is 18.4 Å². The van der Waals surface area contributed by atoms with Crippen LogP contribution in [0.1, 0.15) is 24.1 Å². The topological polar surface area (TPSA) is 122 Å². The molecular formula is C20H20F6N8O3. The molecule has 1 saturated heterocycles. The number of hydrogen-bond acceptors (Lipinski definition) is 8. The fourth-order valence-electron chi connectivity index (χ4n) is 3.74. The fraction of sp³-hybridized carbons (Fsp3) is 0.500. The van der Waals surface area contributed by atoms with Crippen molar-refractivity contribution in [2.24, 2.45) is 0 Å². The molecule has 1 amide bonds. The molecule has 1 aliphatic heterocycles. The number of piperazine rings is 1. The molecule has 4 heterocycles. The van der Waals surface area contributed by atoms with Gasteiger partial charge in [0.15, 0.2) is 5.69 Å². The van der Waals surface area contributed by atoms with E-state index in [4.69, 9.17) is 4.74 Å². The molecule has 1 fully saturated rings. The van der Waals surface area contributed by atoms with E-state index in [0.717, 1.165) is 10.9 Å². The molecule has 37 heavy (non-hydrogen) atoms. The third kappa shape index (κ3) is 5.91. The molecule has 0 aliphatic carbocycles. The fourth-order valence-corrected chi connectivity index (χ4v) is 3.74. The van der Waals surface area contributed by atoms with E-state index in [1.165, 1.54) is 4.90 Å². The second kappa shape index (κ2) is 10.2. The number of aromatic amines is 1. The van der Waals surface area contributed by atoms with Crippen LogP contribution in [0.5, 0.6) is 0 Å². The molecule has 1 aliphatic rings.